The summed E-state index contributed by atoms with van der Waals surface area (Å²) in [6.07, 6.45) is 0.818. The van der Waals surface area contributed by atoms with E-state index in [9.17, 15) is 19.5 Å². The van der Waals surface area contributed by atoms with Gasteiger partial charge in [-0.05, 0) is 40.5 Å². The van der Waals surface area contributed by atoms with Crippen molar-refractivity contribution in [3.05, 3.63) is 59.7 Å². The summed E-state index contributed by atoms with van der Waals surface area (Å²) in [7, 11) is 0. The van der Waals surface area contributed by atoms with Gasteiger partial charge in [0.25, 0.3) is 0 Å². The molecule has 2 aliphatic carbocycles. The Kier molecular flexibility index (Phi) is 7.17. The number of nitrogens with one attached hydrogen (secondary N) is 2. The fourth-order valence-corrected chi connectivity index (χ4v) is 4.88. The van der Waals surface area contributed by atoms with Gasteiger partial charge in [0, 0.05) is 31.8 Å². The number of alkyl carbamates (subject to hydrolysis) is 1. The molecule has 0 radical (unpaired) electrons. The molecular weight excluding hydrogens is 436 g/mol. The quantitative estimate of drug-likeness (QED) is 0.427. The van der Waals surface area contributed by atoms with Gasteiger partial charge in [0.15, 0.2) is 6.10 Å². The second-order valence-electron chi connectivity index (χ2n) is 9.20. The molecule has 1 saturated carbocycles. The Labute approximate surface area is 198 Å². The molecule has 2 aromatic carbocycles. The molecule has 0 spiro atoms. The van der Waals surface area contributed by atoms with E-state index in [0.29, 0.717) is 6.54 Å². The molecule has 8 heteroatoms. The maximum Gasteiger partial charge on any atom is 0.407 e. The average molecular weight is 467 g/mol. The van der Waals surface area contributed by atoms with Crippen LogP contribution in [0.5, 0.6) is 0 Å². The van der Waals surface area contributed by atoms with E-state index in [1.165, 1.54) is 11.1 Å². The lowest BCUT2D eigenvalue weighted by Crippen LogP contribution is -2.45. The zero-order valence-electron chi connectivity index (χ0n) is 19.0. The maximum atomic E-state index is 12.5. The van der Waals surface area contributed by atoms with E-state index in [2.05, 4.69) is 34.9 Å². The van der Waals surface area contributed by atoms with Gasteiger partial charge in [-0.3, -0.25) is 4.79 Å². The van der Waals surface area contributed by atoms with Crippen LogP contribution in [0.15, 0.2) is 48.5 Å². The van der Waals surface area contributed by atoms with Crippen LogP contribution in [0.1, 0.15) is 49.1 Å². The van der Waals surface area contributed by atoms with Crippen molar-refractivity contribution in [1.29, 1.82) is 0 Å². The van der Waals surface area contributed by atoms with E-state index < -0.39 is 18.2 Å². The predicted molar refractivity (Wildman–Crippen MR) is 125 cm³/mol. The van der Waals surface area contributed by atoms with E-state index in [4.69, 9.17) is 9.84 Å². The number of hydrogen-bond acceptors (Lipinski definition) is 5. The van der Waals surface area contributed by atoms with Gasteiger partial charge in [0.05, 0.1) is 0 Å². The average Bonchev–Trinajstić information content (AvgIpc) is 3.13. The topological polar surface area (TPSA) is 125 Å². The van der Waals surface area contributed by atoms with Crippen molar-refractivity contribution in [2.45, 2.75) is 44.1 Å². The summed E-state index contributed by atoms with van der Waals surface area (Å²) in [5.74, 6) is -1.54. The van der Waals surface area contributed by atoms with Crippen LogP contribution in [0.3, 0.4) is 0 Å². The van der Waals surface area contributed by atoms with Gasteiger partial charge in [0.2, 0.25) is 5.91 Å². The highest BCUT2D eigenvalue weighted by atomic mass is 16.5. The van der Waals surface area contributed by atoms with Gasteiger partial charge >= 0.3 is 12.1 Å². The summed E-state index contributed by atoms with van der Waals surface area (Å²) in [5.41, 5.74) is 4.32. The first-order chi connectivity index (χ1) is 16.4. The SMILES string of the molecule is O=C(CC1(CNC(=O)OCC2c3ccccc3-c3ccccc32)CCC1)NCCC(O)C(=O)O. The fraction of sp³-hybridized carbons (Fsp3) is 0.423. The number of carboxylic acid groups (broad SMARTS) is 1. The number of amides is 2. The van der Waals surface area contributed by atoms with Gasteiger partial charge in [-0.25, -0.2) is 9.59 Å². The first-order valence-corrected chi connectivity index (χ1v) is 11.6. The van der Waals surface area contributed by atoms with Crippen molar-refractivity contribution in [3.8, 4) is 11.1 Å². The Hall–Kier alpha value is -3.39. The molecule has 8 nitrogen and oxygen atoms in total. The van der Waals surface area contributed by atoms with Crippen molar-refractivity contribution in [2.75, 3.05) is 19.7 Å². The Morgan fingerprint density at radius 1 is 1.00 bits per heavy atom. The molecule has 2 aromatic rings. The molecule has 0 aromatic heterocycles. The molecule has 0 aliphatic heterocycles. The number of carboxylic acids is 1. The van der Waals surface area contributed by atoms with Crippen LogP contribution in [0.4, 0.5) is 4.79 Å². The largest absolute Gasteiger partial charge is 0.479 e. The normalized spacial score (nSPS) is 16.5. The van der Waals surface area contributed by atoms with Gasteiger partial charge in [-0.1, -0.05) is 55.0 Å². The third kappa shape index (κ3) is 5.22. The van der Waals surface area contributed by atoms with Gasteiger partial charge in [-0.15, -0.1) is 0 Å². The van der Waals surface area contributed by atoms with E-state index in [0.717, 1.165) is 30.4 Å². The van der Waals surface area contributed by atoms with Crippen LogP contribution in [0.25, 0.3) is 11.1 Å². The van der Waals surface area contributed by atoms with Gasteiger partial charge < -0.3 is 25.6 Å². The molecule has 4 N–H and O–H groups in total. The molecule has 2 aliphatic rings. The Balaban J connectivity index is 1.26. The number of carbonyl (C=O) groups is 3. The molecule has 0 bridgehead atoms. The highest BCUT2D eigenvalue weighted by Crippen LogP contribution is 2.45. The number of aliphatic carboxylic acids is 1. The third-order valence-electron chi connectivity index (χ3n) is 6.93. The Bertz CT molecular complexity index is 1020. The second kappa shape index (κ2) is 10.3. The van der Waals surface area contributed by atoms with Gasteiger partial charge in [0.1, 0.15) is 6.61 Å². The van der Waals surface area contributed by atoms with E-state index >= 15 is 0 Å². The number of rotatable bonds is 10. The number of carbonyl (C=O) groups excluding carboxylic acids is 2. The molecule has 34 heavy (non-hydrogen) atoms. The molecular formula is C26H30N2O6. The Morgan fingerprint density at radius 2 is 1.62 bits per heavy atom. The summed E-state index contributed by atoms with van der Waals surface area (Å²) >= 11 is 0. The predicted octanol–water partition coefficient (Wildman–Crippen LogP) is 3.04. The minimum absolute atomic E-state index is 0.0113. The number of benzene rings is 2. The third-order valence-corrected chi connectivity index (χ3v) is 6.93. The molecule has 2 amide bonds. The smallest absolute Gasteiger partial charge is 0.407 e. The number of fused-ring (bicyclic) bond motifs is 3. The zero-order chi connectivity index (χ0) is 24.1. The molecule has 1 atom stereocenters. The van der Waals surface area contributed by atoms with Crippen molar-refractivity contribution in [3.63, 3.8) is 0 Å². The Morgan fingerprint density at radius 3 is 2.18 bits per heavy atom. The standard InChI is InChI=1S/C26H30N2O6/c29-22(24(31)32)10-13-27-23(30)14-26(11-5-12-26)16-28-25(33)34-15-21-19-8-3-1-6-17(19)18-7-2-4-9-20(18)21/h1-4,6-9,21-22,29H,5,10-16H2,(H,27,30)(H,28,33)(H,31,32). The minimum Gasteiger partial charge on any atom is -0.479 e. The first kappa shape index (κ1) is 23.8. The monoisotopic (exact) mass is 466 g/mol. The number of aliphatic hydroxyl groups excluding tert-OH is 1. The maximum absolute atomic E-state index is 12.5. The van der Waals surface area contributed by atoms with E-state index in [1.54, 1.807) is 0 Å². The molecule has 0 heterocycles. The van der Waals surface area contributed by atoms with Gasteiger partial charge in [-0.2, -0.15) is 0 Å². The first-order valence-electron chi connectivity index (χ1n) is 11.6. The van der Waals surface area contributed by atoms with Crippen LogP contribution >= 0.6 is 0 Å². The molecule has 1 fully saturated rings. The minimum atomic E-state index is -1.49. The summed E-state index contributed by atoms with van der Waals surface area (Å²) in [4.78, 5) is 35.4. The van der Waals surface area contributed by atoms with Crippen LogP contribution in [-0.2, 0) is 14.3 Å². The lowest BCUT2D eigenvalue weighted by Gasteiger charge is -2.41. The molecule has 180 valence electrons. The number of hydrogen-bond donors (Lipinski definition) is 4. The molecule has 0 saturated heterocycles. The van der Waals surface area contributed by atoms with Crippen LogP contribution in [0.2, 0.25) is 0 Å². The van der Waals surface area contributed by atoms with E-state index in [-0.39, 0.29) is 43.2 Å². The molecule has 1 unspecified atom stereocenters. The van der Waals surface area contributed by atoms with E-state index in [1.807, 2.05) is 24.3 Å². The van der Waals surface area contributed by atoms with Crippen molar-refractivity contribution in [1.82, 2.24) is 10.6 Å². The highest BCUT2D eigenvalue weighted by Gasteiger charge is 2.39. The fourth-order valence-electron chi connectivity index (χ4n) is 4.88. The number of ether oxygens (including phenoxy) is 1. The van der Waals surface area contributed by atoms with Crippen molar-refractivity contribution < 1.29 is 29.3 Å². The second-order valence-corrected chi connectivity index (χ2v) is 9.20. The summed E-state index contributed by atoms with van der Waals surface area (Å²) in [5, 5.41) is 23.5. The lowest BCUT2D eigenvalue weighted by atomic mass is 9.66. The molecule has 4 rings (SSSR count). The number of aliphatic hydroxyl groups is 1. The van der Waals surface area contributed by atoms with Crippen LogP contribution in [0, 0.1) is 5.41 Å². The lowest BCUT2D eigenvalue weighted by molar-refractivity contribution is -0.147. The summed E-state index contributed by atoms with van der Waals surface area (Å²) in [6, 6.07) is 16.3. The summed E-state index contributed by atoms with van der Waals surface area (Å²) < 4.78 is 5.59. The van der Waals surface area contributed by atoms with Crippen molar-refractivity contribution in [2.24, 2.45) is 5.41 Å². The highest BCUT2D eigenvalue weighted by molar-refractivity contribution is 5.79. The van der Waals surface area contributed by atoms with Crippen LogP contribution < -0.4 is 10.6 Å². The van der Waals surface area contributed by atoms with Crippen LogP contribution in [-0.4, -0.2) is 54.0 Å². The van der Waals surface area contributed by atoms with Crippen molar-refractivity contribution >= 4 is 18.0 Å². The zero-order valence-corrected chi connectivity index (χ0v) is 19.0. The summed E-state index contributed by atoms with van der Waals surface area (Å²) in [6.45, 7) is 0.663.